The van der Waals surface area contributed by atoms with Crippen molar-refractivity contribution in [2.45, 2.75) is 44.0 Å². The molecule has 0 radical (unpaired) electrons. The summed E-state index contributed by atoms with van der Waals surface area (Å²) >= 11 is 0. The first kappa shape index (κ1) is 9.93. The minimum absolute atomic E-state index is 0.203. The fourth-order valence-electron chi connectivity index (χ4n) is 1.73. The lowest BCUT2D eigenvalue weighted by molar-refractivity contribution is -0.209. The van der Waals surface area contributed by atoms with Crippen molar-refractivity contribution in [2.24, 2.45) is 0 Å². The predicted molar refractivity (Wildman–Crippen MR) is 48.7 cm³/mol. The van der Waals surface area contributed by atoms with Gasteiger partial charge in [-0.3, -0.25) is 0 Å². The Kier molecular flexibility index (Phi) is 2.74. The molecule has 1 atom stereocenters. The first-order chi connectivity index (χ1) is 6.77. The summed E-state index contributed by atoms with van der Waals surface area (Å²) < 4.78 is 15.8. The van der Waals surface area contributed by atoms with Gasteiger partial charge in [-0.1, -0.05) is 0 Å². The van der Waals surface area contributed by atoms with Crippen molar-refractivity contribution in [1.29, 1.82) is 0 Å². The summed E-state index contributed by atoms with van der Waals surface area (Å²) in [5.74, 6) is -0.258. The smallest absolute Gasteiger partial charge is 0.338 e. The fraction of sp³-hybridized carbons (Fsp3) is 0.900. The van der Waals surface area contributed by atoms with Gasteiger partial charge in [-0.25, -0.2) is 4.79 Å². The normalized spacial score (nSPS) is 29.6. The standard InChI is InChI=1S/C10H16O4/c1-12-9(11)10(5-6-10)14-8-4-2-3-7-13-8/h8H,2-7H2,1H3. The lowest BCUT2D eigenvalue weighted by Gasteiger charge is -2.26. The van der Waals surface area contributed by atoms with Gasteiger partial charge >= 0.3 is 5.97 Å². The van der Waals surface area contributed by atoms with Gasteiger partial charge in [0.15, 0.2) is 11.9 Å². The first-order valence-corrected chi connectivity index (χ1v) is 5.15. The highest BCUT2D eigenvalue weighted by Gasteiger charge is 2.54. The summed E-state index contributed by atoms with van der Waals surface area (Å²) in [4.78, 5) is 11.4. The highest BCUT2D eigenvalue weighted by molar-refractivity contribution is 5.82. The van der Waals surface area contributed by atoms with Crippen LogP contribution in [0.1, 0.15) is 32.1 Å². The van der Waals surface area contributed by atoms with Gasteiger partial charge in [0, 0.05) is 6.61 Å². The summed E-state index contributed by atoms with van der Waals surface area (Å²) in [5.41, 5.74) is -0.670. The molecule has 1 aliphatic carbocycles. The van der Waals surface area contributed by atoms with Crippen molar-refractivity contribution in [2.75, 3.05) is 13.7 Å². The van der Waals surface area contributed by atoms with E-state index in [2.05, 4.69) is 0 Å². The third-order valence-electron chi connectivity index (χ3n) is 2.76. The summed E-state index contributed by atoms with van der Waals surface area (Å²) in [6, 6.07) is 0. The third kappa shape index (κ3) is 1.91. The van der Waals surface area contributed by atoms with Gasteiger partial charge in [-0.05, 0) is 32.1 Å². The van der Waals surface area contributed by atoms with E-state index >= 15 is 0 Å². The molecule has 0 spiro atoms. The number of ether oxygens (including phenoxy) is 3. The van der Waals surface area contributed by atoms with Crippen molar-refractivity contribution >= 4 is 5.97 Å². The highest BCUT2D eigenvalue weighted by atomic mass is 16.7. The van der Waals surface area contributed by atoms with Crippen LogP contribution in [-0.2, 0) is 19.0 Å². The van der Waals surface area contributed by atoms with Crippen LogP contribution in [0, 0.1) is 0 Å². The number of esters is 1. The van der Waals surface area contributed by atoms with Crippen molar-refractivity contribution in [3.05, 3.63) is 0 Å². The Morgan fingerprint density at radius 3 is 2.71 bits per heavy atom. The summed E-state index contributed by atoms with van der Waals surface area (Å²) in [5, 5.41) is 0. The molecule has 1 saturated carbocycles. The molecular weight excluding hydrogens is 184 g/mol. The molecule has 0 aromatic rings. The minimum atomic E-state index is -0.670. The molecule has 80 valence electrons. The Hall–Kier alpha value is -0.610. The second-order valence-corrected chi connectivity index (χ2v) is 3.90. The average molecular weight is 200 g/mol. The molecule has 1 aliphatic heterocycles. The molecule has 0 N–H and O–H groups in total. The SMILES string of the molecule is COC(=O)C1(OC2CCCCO2)CC1. The maximum atomic E-state index is 11.4. The zero-order valence-electron chi connectivity index (χ0n) is 8.45. The second-order valence-electron chi connectivity index (χ2n) is 3.90. The molecule has 2 rings (SSSR count). The molecule has 4 heteroatoms. The molecule has 0 aromatic carbocycles. The van der Waals surface area contributed by atoms with E-state index in [1.165, 1.54) is 7.11 Å². The summed E-state index contributed by atoms with van der Waals surface area (Å²) in [6.45, 7) is 0.738. The Labute approximate surface area is 83.5 Å². The van der Waals surface area contributed by atoms with Crippen LogP contribution in [0.25, 0.3) is 0 Å². The number of methoxy groups -OCH3 is 1. The molecule has 1 heterocycles. The Morgan fingerprint density at radius 1 is 1.43 bits per heavy atom. The van der Waals surface area contributed by atoms with Gasteiger partial charge in [0.2, 0.25) is 0 Å². The van der Waals surface area contributed by atoms with Crippen LogP contribution in [0.3, 0.4) is 0 Å². The Bertz CT molecular complexity index is 216. The quantitative estimate of drug-likeness (QED) is 0.643. The molecular formula is C10H16O4. The Balaban J connectivity index is 1.86. The van der Waals surface area contributed by atoms with Gasteiger partial charge in [-0.2, -0.15) is 0 Å². The number of hydrogen-bond acceptors (Lipinski definition) is 4. The molecule has 1 unspecified atom stereocenters. The third-order valence-corrected chi connectivity index (χ3v) is 2.76. The molecule has 1 saturated heterocycles. The lowest BCUT2D eigenvalue weighted by Crippen LogP contribution is -2.35. The summed E-state index contributed by atoms with van der Waals surface area (Å²) in [7, 11) is 1.40. The first-order valence-electron chi connectivity index (χ1n) is 5.15. The molecule has 14 heavy (non-hydrogen) atoms. The van der Waals surface area contributed by atoms with Crippen LogP contribution >= 0.6 is 0 Å². The number of carbonyl (C=O) groups is 1. The van der Waals surface area contributed by atoms with Gasteiger partial charge in [0.05, 0.1) is 7.11 Å². The maximum absolute atomic E-state index is 11.4. The van der Waals surface area contributed by atoms with E-state index in [0.29, 0.717) is 0 Å². The molecule has 0 aromatic heterocycles. The zero-order valence-corrected chi connectivity index (χ0v) is 8.45. The second kappa shape index (κ2) is 3.87. The van der Waals surface area contributed by atoms with Gasteiger partial charge in [-0.15, -0.1) is 0 Å². The molecule has 0 amide bonds. The van der Waals surface area contributed by atoms with E-state index < -0.39 is 5.60 Å². The van der Waals surface area contributed by atoms with Crippen molar-refractivity contribution < 1.29 is 19.0 Å². The minimum Gasteiger partial charge on any atom is -0.467 e. The van der Waals surface area contributed by atoms with E-state index in [1.807, 2.05) is 0 Å². The fourth-order valence-corrected chi connectivity index (χ4v) is 1.73. The number of carbonyl (C=O) groups excluding carboxylic acids is 1. The molecule has 0 bridgehead atoms. The van der Waals surface area contributed by atoms with E-state index in [0.717, 1.165) is 38.7 Å². The lowest BCUT2D eigenvalue weighted by atomic mass is 10.2. The van der Waals surface area contributed by atoms with Gasteiger partial charge in [0.25, 0.3) is 0 Å². The van der Waals surface area contributed by atoms with Gasteiger partial charge < -0.3 is 14.2 Å². The van der Waals surface area contributed by atoms with E-state index in [-0.39, 0.29) is 12.3 Å². The molecule has 2 aliphatic rings. The predicted octanol–water partition coefficient (Wildman–Crippen LogP) is 1.24. The molecule has 4 nitrogen and oxygen atoms in total. The highest BCUT2D eigenvalue weighted by Crippen LogP contribution is 2.42. The number of hydrogen-bond donors (Lipinski definition) is 0. The Morgan fingerprint density at radius 2 is 2.21 bits per heavy atom. The molecule has 2 fully saturated rings. The van der Waals surface area contributed by atoms with Gasteiger partial charge in [0.1, 0.15) is 0 Å². The van der Waals surface area contributed by atoms with Crippen molar-refractivity contribution in [1.82, 2.24) is 0 Å². The maximum Gasteiger partial charge on any atom is 0.338 e. The van der Waals surface area contributed by atoms with Crippen molar-refractivity contribution in [3.63, 3.8) is 0 Å². The van der Waals surface area contributed by atoms with Crippen LogP contribution in [0.5, 0.6) is 0 Å². The van der Waals surface area contributed by atoms with Crippen LogP contribution in [-0.4, -0.2) is 31.6 Å². The van der Waals surface area contributed by atoms with Crippen molar-refractivity contribution in [3.8, 4) is 0 Å². The van der Waals surface area contributed by atoms with Crippen LogP contribution in [0.2, 0.25) is 0 Å². The van der Waals surface area contributed by atoms with E-state index in [1.54, 1.807) is 0 Å². The van der Waals surface area contributed by atoms with Crippen LogP contribution < -0.4 is 0 Å². The van der Waals surface area contributed by atoms with E-state index in [9.17, 15) is 4.79 Å². The topological polar surface area (TPSA) is 44.8 Å². The monoisotopic (exact) mass is 200 g/mol. The van der Waals surface area contributed by atoms with E-state index in [4.69, 9.17) is 14.2 Å². The number of rotatable bonds is 3. The van der Waals surface area contributed by atoms with Crippen LogP contribution in [0.15, 0.2) is 0 Å². The summed E-state index contributed by atoms with van der Waals surface area (Å²) in [6.07, 6.45) is 4.41. The average Bonchev–Trinajstić information content (AvgIpc) is 2.99. The zero-order chi connectivity index (χ0) is 10.0. The largest absolute Gasteiger partial charge is 0.467 e. The van der Waals surface area contributed by atoms with Crippen LogP contribution in [0.4, 0.5) is 0 Å².